The van der Waals surface area contributed by atoms with Gasteiger partial charge in [-0.25, -0.2) is 5.43 Å². The van der Waals surface area contributed by atoms with Crippen LogP contribution in [0, 0.1) is 0 Å². The second-order valence-corrected chi connectivity index (χ2v) is 5.86. The molecule has 0 saturated heterocycles. The molecule has 0 aliphatic rings. The van der Waals surface area contributed by atoms with E-state index in [4.69, 9.17) is 4.42 Å². The number of hydrogen-bond acceptors (Lipinski definition) is 4. The topological polar surface area (TPSA) is 83.7 Å². The molecular formula is C21H19N3O3. The first kappa shape index (κ1) is 18.1. The molecule has 2 N–H and O–H groups in total. The molecular weight excluding hydrogens is 342 g/mol. The van der Waals surface area contributed by atoms with Crippen molar-refractivity contribution in [2.24, 2.45) is 5.10 Å². The van der Waals surface area contributed by atoms with Gasteiger partial charge in [-0.3, -0.25) is 9.59 Å². The zero-order valence-electron chi connectivity index (χ0n) is 14.8. The van der Waals surface area contributed by atoms with Crippen molar-refractivity contribution in [2.45, 2.75) is 6.92 Å². The largest absolute Gasteiger partial charge is 0.465 e. The highest BCUT2D eigenvalue weighted by Crippen LogP contribution is 2.16. The highest BCUT2D eigenvalue weighted by molar-refractivity contribution is 6.02. The van der Waals surface area contributed by atoms with E-state index in [1.807, 2.05) is 49.4 Å². The highest BCUT2D eigenvalue weighted by atomic mass is 16.3. The summed E-state index contributed by atoms with van der Waals surface area (Å²) in [6.45, 7) is 1.64. The van der Waals surface area contributed by atoms with Crippen molar-refractivity contribution >= 4 is 34.4 Å². The zero-order valence-corrected chi connectivity index (χ0v) is 14.8. The van der Waals surface area contributed by atoms with Crippen LogP contribution in [0.1, 0.15) is 18.2 Å². The molecule has 0 saturated carbocycles. The number of hydrazone groups is 1. The molecule has 3 aromatic rings. The van der Waals surface area contributed by atoms with Crippen LogP contribution < -0.4 is 10.7 Å². The number of carbonyl (C=O) groups excluding carboxylic acids is 2. The third-order valence-electron chi connectivity index (χ3n) is 3.88. The van der Waals surface area contributed by atoms with Crippen LogP contribution in [0.4, 0.5) is 0 Å². The molecule has 1 aromatic heterocycles. The van der Waals surface area contributed by atoms with Crippen LogP contribution >= 0.6 is 0 Å². The van der Waals surface area contributed by atoms with E-state index in [0.717, 1.165) is 16.3 Å². The number of nitrogens with one attached hydrogen (secondary N) is 2. The first-order chi connectivity index (χ1) is 13.1. The summed E-state index contributed by atoms with van der Waals surface area (Å²) < 4.78 is 5.08. The minimum Gasteiger partial charge on any atom is -0.465 e. The van der Waals surface area contributed by atoms with Gasteiger partial charge in [-0.15, -0.1) is 0 Å². The van der Waals surface area contributed by atoms with E-state index in [0.29, 0.717) is 11.5 Å². The van der Waals surface area contributed by atoms with Crippen LogP contribution in [0.25, 0.3) is 16.8 Å². The van der Waals surface area contributed by atoms with Crippen molar-refractivity contribution in [3.05, 3.63) is 78.3 Å². The lowest BCUT2D eigenvalue weighted by Gasteiger charge is -2.05. The van der Waals surface area contributed by atoms with E-state index in [9.17, 15) is 9.59 Å². The molecule has 2 amide bonds. The Morgan fingerprint density at radius 1 is 1.07 bits per heavy atom. The van der Waals surface area contributed by atoms with Crippen LogP contribution in [0.5, 0.6) is 0 Å². The summed E-state index contributed by atoms with van der Waals surface area (Å²) in [7, 11) is 0. The van der Waals surface area contributed by atoms with Gasteiger partial charge >= 0.3 is 0 Å². The smallest absolute Gasteiger partial charge is 0.259 e. The molecule has 2 aromatic carbocycles. The monoisotopic (exact) mass is 361 g/mol. The van der Waals surface area contributed by atoms with E-state index >= 15 is 0 Å². The number of furan rings is 1. The van der Waals surface area contributed by atoms with Gasteiger partial charge in [0.15, 0.2) is 0 Å². The fraction of sp³-hybridized carbons (Fsp3) is 0.0952. The second-order valence-electron chi connectivity index (χ2n) is 5.86. The number of nitrogens with zero attached hydrogens (tertiary/aromatic N) is 1. The fourth-order valence-electron chi connectivity index (χ4n) is 2.43. The molecule has 6 nitrogen and oxygen atoms in total. The summed E-state index contributed by atoms with van der Waals surface area (Å²) >= 11 is 0. The van der Waals surface area contributed by atoms with Gasteiger partial charge in [-0.2, -0.15) is 5.10 Å². The molecule has 27 heavy (non-hydrogen) atoms. The Kier molecular flexibility index (Phi) is 5.79. The Morgan fingerprint density at radius 2 is 1.89 bits per heavy atom. The van der Waals surface area contributed by atoms with Gasteiger partial charge in [-0.1, -0.05) is 36.4 Å². The Bertz CT molecular complexity index is 1000. The number of hydrogen-bond donors (Lipinski definition) is 2. The summed E-state index contributed by atoms with van der Waals surface area (Å²) in [5.41, 5.74) is 4.04. The van der Waals surface area contributed by atoms with E-state index in [1.165, 1.54) is 18.4 Å². The third-order valence-corrected chi connectivity index (χ3v) is 3.88. The van der Waals surface area contributed by atoms with Crippen LogP contribution in [0.3, 0.4) is 0 Å². The summed E-state index contributed by atoms with van der Waals surface area (Å²) in [6, 6.07) is 17.5. The van der Waals surface area contributed by atoms with Gasteiger partial charge in [0.25, 0.3) is 5.91 Å². The maximum Gasteiger partial charge on any atom is 0.259 e. The molecule has 0 spiro atoms. The van der Waals surface area contributed by atoms with Crippen molar-refractivity contribution in [3.63, 3.8) is 0 Å². The van der Waals surface area contributed by atoms with Gasteiger partial charge < -0.3 is 9.73 Å². The van der Waals surface area contributed by atoms with Crippen LogP contribution in [0.2, 0.25) is 0 Å². The molecule has 0 aliphatic carbocycles. The number of benzene rings is 2. The maximum absolute atomic E-state index is 11.9. The molecule has 1 heterocycles. The van der Waals surface area contributed by atoms with E-state index in [1.54, 1.807) is 12.1 Å². The number of carbonyl (C=O) groups is 2. The van der Waals surface area contributed by atoms with E-state index < -0.39 is 11.8 Å². The molecule has 3 rings (SSSR count). The van der Waals surface area contributed by atoms with Crippen LogP contribution in [-0.4, -0.2) is 24.1 Å². The minimum absolute atomic E-state index is 0.171. The molecule has 0 unspecified atom stereocenters. The summed E-state index contributed by atoms with van der Waals surface area (Å²) in [4.78, 5) is 23.5. The SMILES string of the molecule is C/C(=N\NC(=O)CNC(=O)/C=C/c1ccco1)c1ccc2ccccc2c1. The number of rotatable bonds is 6. The van der Waals surface area contributed by atoms with Crippen molar-refractivity contribution in [1.82, 2.24) is 10.7 Å². The van der Waals surface area contributed by atoms with Crippen molar-refractivity contribution < 1.29 is 14.0 Å². The lowest BCUT2D eigenvalue weighted by molar-refractivity contribution is -0.123. The quantitative estimate of drug-likeness (QED) is 0.402. The van der Waals surface area contributed by atoms with Gasteiger partial charge in [0.2, 0.25) is 5.91 Å². The zero-order chi connectivity index (χ0) is 19.1. The van der Waals surface area contributed by atoms with Gasteiger partial charge in [0.1, 0.15) is 5.76 Å². The molecule has 0 atom stereocenters. The second kappa shape index (κ2) is 8.62. The molecule has 136 valence electrons. The van der Waals surface area contributed by atoms with Crippen LogP contribution in [0.15, 0.2) is 76.5 Å². The Morgan fingerprint density at radius 3 is 2.67 bits per heavy atom. The lowest BCUT2D eigenvalue weighted by Crippen LogP contribution is -2.34. The third kappa shape index (κ3) is 5.15. The molecule has 0 fully saturated rings. The minimum atomic E-state index is -0.408. The maximum atomic E-state index is 11.9. The first-order valence-electron chi connectivity index (χ1n) is 8.43. The predicted molar refractivity (Wildman–Crippen MR) is 105 cm³/mol. The Hall–Kier alpha value is -3.67. The van der Waals surface area contributed by atoms with Gasteiger partial charge in [0.05, 0.1) is 18.5 Å². The van der Waals surface area contributed by atoms with Gasteiger partial charge in [-0.05, 0) is 47.5 Å². The number of amides is 2. The highest BCUT2D eigenvalue weighted by Gasteiger charge is 2.04. The normalized spacial score (nSPS) is 11.7. The Labute approximate surface area is 156 Å². The fourth-order valence-corrected chi connectivity index (χ4v) is 2.43. The van der Waals surface area contributed by atoms with Crippen molar-refractivity contribution in [2.75, 3.05) is 6.54 Å². The summed E-state index contributed by atoms with van der Waals surface area (Å²) in [6.07, 6.45) is 4.34. The molecule has 0 aliphatic heterocycles. The molecule has 0 bridgehead atoms. The van der Waals surface area contributed by atoms with Crippen LogP contribution in [-0.2, 0) is 9.59 Å². The van der Waals surface area contributed by atoms with Gasteiger partial charge in [0, 0.05) is 6.08 Å². The Balaban J connectivity index is 1.51. The van der Waals surface area contributed by atoms with E-state index in [-0.39, 0.29) is 6.54 Å². The lowest BCUT2D eigenvalue weighted by atomic mass is 10.0. The van der Waals surface area contributed by atoms with E-state index in [2.05, 4.69) is 15.8 Å². The van der Waals surface area contributed by atoms with Crippen molar-refractivity contribution in [3.8, 4) is 0 Å². The predicted octanol–water partition coefficient (Wildman–Crippen LogP) is 3.10. The summed E-state index contributed by atoms with van der Waals surface area (Å²) in [5.74, 6) is -0.239. The molecule has 6 heteroatoms. The summed E-state index contributed by atoms with van der Waals surface area (Å²) in [5, 5.41) is 8.83. The standard InChI is InChI=1S/C21H19N3O3/c1-15(17-9-8-16-5-2-3-6-18(16)13-17)23-24-21(26)14-22-20(25)11-10-19-7-4-12-27-19/h2-13H,14H2,1H3,(H,22,25)(H,24,26)/b11-10+,23-15+. The average Bonchev–Trinajstić information content (AvgIpc) is 3.22. The number of fused-ring (bicyclic) bond motifs is 1. The van der Waals surface area contributed by atoms with Crippen molar-refractivity contribution in [1.29, 1.82) is 0 Å². The first-order valence-corrected chi connectivity index (χ1v) is 8.43. The average molecular weight is 361 g/mol. The molecule has 0 radical (unpaired) electrons.